The van der Waals surface area contributed by atoms with Gasteiger partial charge in [-0.05, 0) is 6.07 Å². The Morgan fingerprint density at radius 3 is 2.50 bits per heavy atom. The molecule has 2 rings (SSSR count). The minimum Gasteiger partial charge on any atom is -0.494 e. The molecule has 0 saturated carbocycles. The topological polar surface area (TPSA) is 122 Å². The summed E-state index contributed by atoms with van der Waals surface area (Å²) in [6, 6.07) is 3.46. The summed E-state index contributed by atoms with van der Waals surface area (Å²) in [6.07, 6.45) is -4.68. The molecule has 0 unspecified atom stereocenters. The summed E-state index contributed by atoms with van der Waals surface area (Å²) in [5, 5.41) is 22.1. The SMILES string of the molecule is COc1cc([N+](=O)[O-])ccc1NC(=O)CN1C[C@@H](C(F)(F)F)[C@H](C(=O)O)C1.Cl. The highest BCUT2D eigenvalue weighted by atomic mass is 35.5. The molecule has 2 N–H and O–H groups in total. The molecule has 1 saturated heterocycles. The van der Waals surface area contributed by atoms with Gasteiger partial charge in [0, 0.05) is 19.2 Å². The molecule has 9 nitrogen and oxygen atoms in total. The van der Waals surface area contributed by atoms with Crippen molar-refractivity contribution in [3.05, 3.63) is 28.3 Å². The highest BCUT2D eigenvalue weighted by Crippen LogP contribution is 2.37. The Morgan fingerprint density at radius 2 is 2.04 bits per heavy atom. The van der Waals surface area contributed by atoms with Crippen LogP contribution in [0.15, 0.2) is 18.2 Å². The zero-order chi connectivity index (χ0) is 20.4. The minimum absolute atomic E-state index is 0. The number of carboxylic acid groups (broad SMARTS) is 1. The third-order valence-electron chi connectivity index (χ3n) is 4.17. The summed E-state index contributed by atoms with van der Waals surface area (Å²) in [4.78, 5) is 34.4. The first-order valence-electron chi connectivity index (χ1n) is 7.67. The van der Waals surface area contributed by atoms with Crippen molar-refractivity contribution < 1.29 is 37.5 Å². The number of aliphatic carboxylic acids is 1. The number of nitrogens with one attached hydrogen (secondary N) is 1. The van der Waals surface area contributed by atoms with Crippen molar-refractivity contribution >= 4 is 35.7 Å². The summed E-state index contributed by atoms with van der Waals surface area (Å²) < 4.78 is 43.9. The first kappa shape index (κ1) is 23.4. The van der Waals surface area contributed by atoms with Gasteiger partial charge in [0.05, 0.1) is 42.2 Å². The van der Waals surface area contributed by atoms with E-state index < -0.39 is 54.4 Å². The molecule has 0 aromatic heterocycles. The van der Waals surface area contributed by atoms with Crippen molar-refractivity contribution in [1.82, 2.24) is 4.90 Å². The van der Waals surface area contributed by atoms with Gasteiger partial charge in [0.25, 0.3) is 5.69 Å². The number of alkyl halides is 3. The lowest BCUT2D eigenvalue weighted by atomic mass is 9.96. The Balaban J connectivity index is 0.00000392. The number of methoxy groups -OCH3 is 1. The van der Waals surface area contributed by atoms with E-state index in [1.165, 1.54) is 13.2 Å². The van der Waals surface area contributed by atoms with Gasteiger partial charge in [0.15, 0.2) is 0 Å². The van der Waals surface area contributed by atoms with E-state index in [0.717, 1.165) is 17.0 Å². The summed E-state index contributed by atoms with van der Waals surface area (Å²) in [5.41, 5.74) is -0.156. The molecule has 0 spiro atoms. The van der Waals surface area contributed by atoms with Crippen LogP contribution in [-0.4, -0.2) is 59.7 Å². The lowest BCUT2D eigenvalue weighted by Gasteiger charge is -2.18. The van der Waals surface area contributed by atoms with E-state index in [-0.39, 0.29) is 29.5 Å². The number of nitro groups is 1. The van der Waals surface area contributed by atoms with Gasteiger partial charge in [-0.15, -0.1) is 12.4 Å². The number of halogens is 4. The van der Waals surface area contributed by atoms with Gasteiger partial charge in [-0.3, -0.25) is 24.6 Å². The Hall–Kier alpha value is -2.60. The highest BCUT2D eigenvalue weighted by Gasteiger charge is 2.52. The number of carboxylic acids is 1. The molecule has 0 aliphatic carbocycles. The van der Waals surface area contributed by atoms with E-state index in [0.29, 0.717) is 0 Å². The molecule has 1 aliphatic rings. The van der Waals surface area contributed by atoms with Crippen LogP contribution in [0, 0.1) is 22.0 Å². The summed E-state index contributed by atoms with van der Waals surface area (Å²) in [6.45, 7) is -1.48. The smallest absolute Gasteiger partial charge is 0.393 e. The second-order valence-corrected chi connectivity index (χ2v) is 5.98. The standard InChI is InChI=1S/C15H16F3N3O6.ClH/c1-27-12-4-8(21(25)26)2-3-11(12)19-13(22)7-20-5-9(14(23)24)10(6-20)15(16,17)18;/h2-4,9-10H,5-7H2,1H3,(H,19,22)(H,23,24);1H/t9-,10-;/m1./s1. The Labute approximate surface area is 163 Å². The second kappa shape index (κ2) is 9.06. The molecule has 0 bridgehead atoms. The maximum Gasteiger partial charge on any atom is 0.393 e. The van der Waals surface area contributed by atoms with Crippen LogP contribution in [0.5, 0.6) is 5.75 Å². The van der Waals surface area contributed by atoms with Crippen LogP contribution in [0.25, 0.3) is 0 Å². The van der Waals surface area contributed by atoms with Crippen LogP contribution in [0.4, 0.5) is 24.5 Å². The summed E-state index contributed by atoms with van der Waals surface area (Å²) in [5.74, 6) is -5.97. The molecule has 1 amide bonds. The molecule has 1 aromatic rings. The second-order valence-electron chi connectivity index (χ2n) is 5.98. The van der Waals surface area contributed by atoms with Crippen LogP contribution in [0.1, 0.15) is 0 Å². The first-order valence-corrected chi connectivity index (χ1v) is 7.67. The van der Waals surface area contributed by atoms with Gasteiger partial charge in [0.1, 0.15) is 5.75 Å². The number of rotatable bonds is 6. The van der Waals surface area contributed by atoms with E-state index in [4.69, 9.17) is 9.84 Å². The number of anilines is 1. The maximum absolute atomic E-state index is 13.0. The minimum atomic E-state index is -4.68. The Kier molecular flexibility index (Phi) is 7.58. The predicted octanol–water partition coefficient (Wildman–Crippen LogP) is 2.16. The van der Waals surface area contributed by atoms with Crippen molar-refractivity contribution in [2.45, 2.75) is 6.18 Å². The number of non-ortho nitro benzene ring substituents is 1. The van der Waals surface area contributed by atoms with Crippen molar-refractivity contribution in [2.24, 2.45) is 11.8 Å². The zero-order valence-corrected chi connectivity index (χ0v) is 15.2. The van der Waals surface area contributed by atoms with Crippen LogP contribution >= 0.6 is 12.4 Å². The Morgan fingerprint density at radius 1 is 1.39 bits per heavy atom. The van der Waals surface area contributed by atoms with Gasteiger partial charge in [0.2, 0.25) is 5.91 Å². The molecule has 1 aromatic carbocycles. The number of hydrogen-bond acceptors (Lipinski definition) is 6. The van der Waals surface area contributed by atoms with Gasteiger partial charge >= 0.3 is 12.1 Å². The molecule has 156 valence electrons. The van der Waals surface area contributed by atoms with Crippen LogP contribution < -0.4 is 10.1 Å². The normalized spacial score (nSPS) is 19.6. The average Bonchev–Trinajstić information content (AvgIpc) is 2.99. The van der Waals surface area contributed by atoms with E-state index in [2.05, 4.69) is 5.32 Å². The van der Waals surface area contributed by atoms with Crippen molar-refractivity contribution in [2.75, 3.05) is 32.1 Å². The van der Waals surface area contributed by atoms with Crippen LogP contribution in [0.3, 0.4) is 0 Å². The number of benzene rings is 1. The van der Waals surface area contributed by atoms with Crippen LogP contribution in [-0.2, 0) is 9.59 Å². The average molecular weight is 428 g/mol. The molecule has 0 radical (unpaired) electrons. The van der Waals surface area contributed by atoms with Gasteiger partial charge in [-0.25, -0.2) is 0 Å². The largest absolute Gasteiger partial charge is 0.494 e. The lowest BCUT2D eigenvalue weighted by Crippen LogP contribution is -2.34. The fraction of sp³-hybridized carbons (Fsp3) is 0.467. The maximum atomic E-state index is 13.0. The van der Waals surface area contributed by atoms with E-state index in [1.807, 2.05) is 0 Å². The molecule has 13 heteroatoms. The third-order valence-corrected chi connectivity index (χ3v) is 4.17. The van der Waals surface area contributed by atoms with Gasteiger partial charge < -0.3 is 15.2 Å². The molecule has 1 aliphatic heterocycles. The van der Waals surface area contributed by atoms with Crippen molar-refractivity contribution in [3.8, 4) is 5.75 Å². The van der Waals surface area contributed by atoms with Gasteiger partial charge in [-0.2, -0.15) is 13.2 Å². The van der Waals surface area contributed by atoms with Crippen LogP contribution in [0.2, 0.25) is 0 Å². The summed E-state index contributed by atoms with van der Waals surface area (Å²) >= 11 is 0. The van der Waals surface area contributed by atoms with Crippen molar-refractivity contribution in [3.63, 3.8) is 0 Å². The number of amides is 1. The van der Waals surface area contributed by atoms with Crippen molar-refractivity contribution in [1.29, 1.82) is 0 Å². The fourth-order valence-corrected chi connectivity index (χ4v) is 2.89. The number of carbonyl (C=O) groups is 2. The molecule has 1 fully saturated rings. The fourth-order valence-electron chi connectivity index (χ4n) is 2.89. The van der Waals surface area contributed by atoms with E-state index in [1.54, 1.807) is 0 Å². The quantitative estimate of drug-likeness (QED) is 0.527. The number of hydrogen-bond donors (Lipinski definition) is 2. The zero-order valence-electron chi connectivity index (χ0n) is 14.4. The molecule has 1 heterocycles. The molecular weight excluding hydrogens is 411 g/mol. The first-order chi connectivity index (χ1) is 12.5. The molecular formula is C15H17ClF3N3O6. The van der Waals surface area contributed by atoms with E-state index >= 15 is 0 Å². The third kappa shape index (κ3) is 5.45. The van der Waals surface area contributed by atoms with E-state index in [9.17, 15) is 32.9 Å². The number of carbonyl (C=O) groups excluding carboxylic acids is 1. The summed E-state index contributed by atoms with van der Waals surface area (Å²) in [7, 11) is 1.24. The number of nitrogens with zero attached hydrogens (tertiary/aromatic N) is 2. The molecule has 2 atom stereocenters. The molecule has 28 heavy (non-hydrogen) atoms. The predicted molar refractivity (Wildman–Crippen MR) is 92.6 cm³/mol. The number of likely N-dealkylation sites (tertiary alicyclic amines) is 1. The highest BCUT2D eigenvalue weighted by molar-refractivity contribution is 5.94. The number of ether oxygens (including phenoxy) is 1. The van der Waals surface area contributed by atoms with Gasteiger partial charge in [-0.1, -0.05) is 0 Å². The Bertz CT molecular complexity index is 761. The monoisotopic (exact) mass is 427 g/mol. The number of nitro benzene ring substituents is 1. The lowest BCUT2D eigenvalue weighted by molar-refractivity contribution is -0.384.